The fourth-order valence-corrected chi connectivity index (χ4v) is 3.45. The van der Waals surface area contributed by atoms with Crippen molar-refractivity contribution in [2.75, 3.05) is 6.54 Å². The molecule has 2 aliphatic rings. The molecule has 0 heterocycles. The summed E-state index contributed by atoms with van der Waals surface area (Å²) in [7, 11) is 0. The first-order valence-electron chi connectivity index (χ1n) is 9.64. The van der Waals surface area contributed by atoms with Crippen molar-refractivity contribution in [3.8, 4) is 0 Å². The van der Waals surface area contributed by atoms with Gasteiger partial charge in [-0.05, 0) is 51.4 Å². The molecule has 6 heteroatoms. The summed E-state index contributed by atoms with van der Waals surface area (Å²) in [6, 6.07) is 0. The second kappa shape index (κ2) is 8.68. The molecule has 2 saturated carbocycles. The lowest BCUT2D eigenvalue weighted by molar-refractivity contribution is -0.144. The van der Waals surface area contributed by atoms with Gasteiger partial charge in [-0.25, -0.2) is 0 Å². The first-order valence-corrected chi connectivity index (χ1v) is 9.64. The molecule has 0 saturated heterocycles. The number of carboxylic acid groups (broad SMARTS) is 2. The highest BCUT2D eigenvalue weighted by Crippen LogP contribution is 2.50. The Bertz CT molecular complexity index is 494. The van der Waals surface area contributed by atoms with Crippen LogP contribution >= 0.6 is 0 Å². The van der Waals surface area contributed by atoms with Crippen LogP contribution < -0.4 is 5.32 Å². The van der Waals surface area contributed by atoms with E-state index in [-0.39, 0.29) is 5.91 Å². The Morgan fingerprint density at radius 3 is 1.64 bits per heavy atom. The molecule has 2 fully saturated rings. The molecule has 25 heavy (non-hydrogen) atoms. The van der Waals surface area contributed by atoms with Crippen LogP contribution in [0.25, 0.3) is 0 Å². The van der Waals surface area contributed by atoms with E-state index in [1.54, 1.807) is 0 Å². The van der Waals surface area contributed by atoms with E-state index in [4.69, 9.17) is 10.2 Å². The second-order valence-electron chi connectivity index (χ2n) is 7.89. The van der Waals surface area contributed by atoms with Crippen LogP contribution in [0.15, 0.2) is 0 Å². The number of carbonyl (C=O) groups excluding carboxylic acids is 1. The zero-order valence-corrected chi connectivity index (χ0v) is 15.0. The van der Waals surface area contributed by atoms with Crippen LogP contribution in [0.1, 0.15) is 83.5 Å². The van der Waals surface area contributed by atoms with Gasteiger partial charge in [-0.15, -0.1) is 0 Å². The molecule has 0 aromatic carbocycles. The van der Waals surface area contributed by atoms with Gasteiger partial charge in [-0.2, -0.15) is 0 Å². The number of unbranched alkanes of at least 4 members (excludes halogenated alkanes) is 4. The van der Waals surface area contributed by atoms with Crippen molar-refractivity contribution in [1.29, 1.82) is 0 Å². The van der Waals surface area contributed by atoms with Crippen molar-refractivity contribution in [1.82, 2.24) is 5.32 Å². The Labute approximate surface area is 149 Å². The summed E-state index contributed by atoms with van der Waals surface area (Å²) in [5.41, 5.74) is -0.870. The normalized spacial score (nSPS) is 19.2. The molecular weight excluding hydrogens is 322 g/mol. The SMILES string of the molecule is O=C(CCCCCC1(C(=O)O)CC1)NCCCCCC1(C(=O)O)CC1. The standard InChI is InChI=1S/C19H31NO5/c21-15(7-3-1-4-8-18(10-11-18)16(22)23)20-14-6-2-5-9-19(12-13-19)17(24)25/h1-14H2,(H,20,21)(H,22,23)(H,24,25). The Hall–Kier alpha value is -1.59. The van der Waals surface area contributed by atoms with Gasteiger partial charge in [0.15, 0.2) is 0 Å². The molecule has 0 aromatic rings. The Kier molecular flexibility index (Phi) is 6.85. The molecule has 0 aliphatic heterocycles. The van der Waals surface area contributed by atoms with E-state index < -0.39 is 22.8 Å². The minimum atomic E-state index is -0.666. The third-order valence-electron chi connectivity index (χ3n) is 5.83. The summed E-state index contributed by atoms with van der Waals surface area (Å²) < 4.78 is 0. The van der Waals surface area contributed by atoms with Crippen molar-refractivity contribution in [2.45, 2.75) is 83.5 Å². The molecule has 0 spiro atoms. The predicted octanol–water partition coefficient (Wildman–Crippen LogP) is 3.34. The van der Waals surface area contributed by atoms with Crippen molar-refractivity contribution in [3.63, 3.8) is 0 Å². The number of carbonyl (C=O) groups is 3. The van der Waals surface area contributed by atoms with Gasteiger partial charge in [-0.1, -0.05) is 25.7 Å². The zero-order valence-electron chi connectivity index (χ0n) is 15.0. The maximum absolute atomic E-state index is 11.7. The van der Waals surface area contributed by atoms with Crippen LogP contribution in [-0.2, 0) is 14.4 Å². The molecule has 0 bridgehead atoms. The third kappa shape index (κ3) is 6.01. The average Bonchev–Trinajstić information content (AvgIpc) is 3.45. The molecule has 0 aromatic heterocycles. The Morgan fingerprint density at radius 2 is 1.20 bits per heavy atom. The van der Waals surface area contributed by atoms with E-state index in [9.17, 15) is 14.4 Å². The highest BCUT2D eigenvalue weighted by atomic mass is 16.4. The van der Waals surface area contributed by atoms with Crippen LogP contribution in [0.3, 0.4) is 0 Å². The van der Waals surface area contributed by atoms with E-state index in [1.165, 1.54) is 0 Å². The lowest BCUT2D eigenvalue weighted by atomic mass is 9.98. The fourth-order valence-electron chi connectivity index (χ4n) is 3.45. The van der Waals surface area contributed by atoms with Gasteiger partial charge in [0, 0.05) is 13.0 Å². The predicted molar refractivity (Wildman–Crippen MR) is 93.2 cm³/mol. The molecular formula is C19H31NO5. The van der Waals surface area contributed by atoms with Crippen LogP contribution in [0.4, 0.5) is 0 Å². The quantitative estimate of drug-likeness (QED) is 0.416. The first-order chi connectivity index (χ1) is 11.9. The highest BCUT2D eigenvalue weighted by Gasteiger charge is 2.49. The molecule has 0 radical (unpaired) electrons. The Balaban J connectivity index is 1.39. The van der Waals surface area contributed by atoms with Crippen LogP contribution in [0.5, 0.6) is 0 Å². The zero-order chi connectivity index (χ0) is 18.3. The molecule has 0 atom stereocenters. The van der Waals surface area contributed by atoms with E-state index >= 15 is 0 Å². The molecule has 2 rings (SSSR count). The average molecular weight is 353 g/mol. The van der Waals surface area contributed by atoms with Crippen molar-refractivity contribution < 1.29 is 24.6 Å². The van der Waals surface area contributed by atoms with Gasteiger partial charge in [0.2, 0.25) is 5.91 Å². The number of amides is 1. The maximum Gasteiger partial charge on any atom is 0.309 e. The Morgan fingerprint density at radius 1 is 0.720 bits per heavy atom. The molecule has 142 valence electrons. The number of aliphatic carboxylic acids is 2. The number of hydrogen-bond donors (Lipinski definition) is 3. The van der Waals surface area contributed by atoms with E-state index in [1.807, 2.05) is 0 Å². The summed E-state index contributed by atoms with van der Waals surface area (Å²) in [6.07, 6.45) is 10.6. The van der Waals surface area contributed by atoms with Gasteiger partial charge in [0.1, 0.15) is 0 Å². The van der Waals surface area contributed by atoms with Crippen LogP contribution in [0, 0.1) is 10.8 Å². The summed E-state index contributed by atoms with van der Waals surface area (Å²) >= 11 is 0. The minimum absolute atomic E-state index is 0.0589. The summed E-state index contributed by atoms with van der Waals surface area (Å²) in [4.78, 5) is 33.8. The van der Waals surface area contributed by atoms with E-state index in [0.717, 1.165) is 77.0 Å². The smallest absolute Gasteiger partial charge is 0.309 e. The minimum Gasteiger partial charge on any atom is -0.481 e. The number of nitrogens with one attached hydrogen (secondary N) is 1. The topological polar surface area (TPSA) is 104 Å². The first kappa shape index (κ1) is 19.7. The molecule has 0 unspecified atom stereocenters. The monoisotopic (exact) mass is 353 g/mol. The number of carboxylic acids is 2. The highest BCUT2D eigenvalue weighted by molar-refractivity contribution is 5.78. The largest absolute Gasteiger partial charge is 0.481 e. The van der Waals surface area contributed by atoms with Gasteiger partial charge in [-0.3, -0.25) is 14.4 Å². The van der Waals surface area contributed by atoms with E-state index in [0.29, 0.717) is 13.0 Å². The molecule has 1 amide bonds. The van der Waals surface area contributed by atoms with E-state index in [2.05, 4.69) is 5.32 Å². The second-order valence-corrected chi connectivity index (χ2v) is 7.89. The maximum atomic E-state index is 11.7. The third-order valence-corrected chi connectivity index (χ3v) is 5.83. The number of hydrogen-bond acceptors (Lipinski definition) is 3. The molecule has 6 nitrogen and oxygen atoms in total. The summed E-state index contributed by atoms with van der Waals surface area (Å²) in [5, 5.41) is 21.1. The van der Waals surface area contributed by atoms with Crippen molar-refractivity contribution in [2.24, 2.45) is 10.8 Å². The fraction of sp³-hybridized carbons (Fsp3) is 0.842. The molecule has 3 N–H and O–H groups in total. The lowest BCUT2D eigenvalue weighted by Gasteiger charge is -2.10. The van der Waals surface area contributed by atoms with Crippen molar-refractivity contribution in [3.05, 3.63) is 0 Å². The summed E-state index contributed by atoms with van der Waals surface area (Å²) in [6.45, 7) is 0.654. The van der Waals surface area contributed by atoms with Crippen LogP contribution in [0.2, 0.25) is 0 Å². The van der Waals surface area contributed by atoms with Gasteiger partial charge < -0.3 is 15.5 Å². The number of rotatable bonds is 14. The van der Waals surface area contributed by atoms with Crippen LogP contribution in [-0.4, -0.2) is 34.6 Å². The van der Waals surface area contributed by atoms with Gasteiger partial charge >= 0.3 is 11.9 Å². The van der Waals surface area contributed by atoms with Gasteiger partial charge in [0.25, 0.3) is 0 Å². The van der Waals surface area contributed by atoms with Crippen molar-refractivity contribution >= 4 is 17.8 Å². The summed E-state index contributed by atoms with van der Waals surface area (Å²) in [5.74, 6) is -1.26. The lowest BCUT2D eigenvalue weighted by Crippen LogP contribution is -2.24. The molecule has 2 aliphatic carbocycles. The van der Waals surface area contributed by atoms with Gasteiger partial charge in [0.05, 0.1) is 10.8 Å².